The lowest BCUT2D eigenvalue weighted by Gasteiger charge is -2.21. The molecule has 1 amide bonds. The van der Waals surface area contributed by atoms with E-state index in [0.29, 0.717) is 6.54 Å². The predicted molar refractivity (Wildman–Crippen MR) is 56.5 cm³/mol. The molecule has 3 rings (SSSR count). The SMILES string of the molecule is O=C1COC2CCN(C(=O)[CH]CC3CC3)C12. The zero-order chi connectivity index (χ0) is 11.1. The van der Waals surface area contributed by atoms with Gasteiger partial charge in [0.2, 0.25) is 5.91 Å². The van der Waals surface area contributed by atoms with E-state index in [9.17, 15) is 9.59 Å². The van der Waals surface area contributed by atoms with Gasteiger partial charge in [-0.3, -0.25) is 9.59 Å². The Balaban J connectivity index is 1.60. The molecule has 2 unspecified atom stereocenters. The molecule has 0 aromatic carbocycles. The van der Waals surface area contributed by atoms with Crippen molar-refractivity contribution in [1.82, 2.24) is 4.90 Å². The third kappa shape index (κ3) is 1.75. The van der Waals surface area contributed by atoms with Crippen LogP contribution in [0.5, 0.6) is 0 Å². The number of ether oxygens (including phenoxy) is 1. The molecule has 3 fully saturated rings. The third-order valence-corrected chi connectivity index (χ3v) is 3.72. The van der Waals surface area contributed by atoms with E-state index < -0.39 is 0 Å². The Morgan fingerprint density at radius 3 is 3.00 bits per heavy atom. The summed E-state index contributed by atoms with van der Waals surface area (Å²) in [6.07, 6.45) is 5.90. The van der Waals surface area contributed by atoms with Gasteiger partial charge in [-0.1, -0.05) is 12.8 Å². The van der Waals surface area contributed by atoms with Crippen LogP contribution >= 0.6 is 0 Å². The summed E-state index contributed by atoms with van der Waals surface area (Å²) in [4.78, 5) is 25.2. The summed E-state index contributed by atoms with van der Waals surface area (Å²) in [5, 5.41) is 0. The zero-order valence-electron chi connectivity index (χ0n) is 9.22. The van der Waals surface area contributed by atoms with Crippen LogP contribution in [-0.2, 0) is 14.3 Å². The van der Waals surface area contributed by atoms with Crippen molar-refractivity contribution >= 4 is 11.7 Å². The molecule has 2 aliphatic heterocycles. The number of likely N-dealkylation sites (tertiary alicyclic amines) is 1. The number of hydrogen-bond donors (Lipinski definition) is 0. The molecule has 16 heavy (non-hydrogen) atoms. The fraction of sp³-hybridized carbons (Fsp3) is 0.750. The average Bonchev–Trinajstić information content (AvgIpc) is 2.89. The maximum atomic E-state index is 11.9. The standard InChI is InChI=1S/C12H16NO3/c14-9-7-16-10-5-6-13(12(9)10)11(15)4-3-8-1-2-8/h4,8,10,12H,1-3,5-7H2. The molecule has 3 aliphatic rings. The first-order valence-corrected chi connectivity index (χ1v) is 6.04. The molecule has 1 saturated carbocycles. The molecule has 4 nitrogen and oxygen atoms in total. The normalized spacial score (nSPS) is 33.2. The fourth-order valence-corrected chi connectivity index (χ4v) is 2.58. The molecule has 2 atom stereocenters. The highest BCUT2D eigenvalue weighted by atomic mass is 16.5. The first-order chi connectivity index (χ1) is 7.75. The predicted octanol–water partition coefficient (Wildman–Crippen LogP) is 0.560. The van der Waals surface area contributed by atoms with Gasteiger partial charge in [0, 0.05) is 6.54 Å². The highest BCUT2D eigenvalue weighted by molar-refractivity contribution is 5.94. The molecule has 0 aromatic rings. The summed E-state index contributed by atoms with van der Waals surface area (Å²) in [6, 6.07) is -0.289. The van der Waals surface area contributed by atoms with E-state index in [2.05, 4.69) is 0 Å². The zero-order valence-corrected chi connectivity index (χ0v) is 9.22. The number of nitrogens with zero attached hydrogens (tertiary/aromatic N) is 1. The van der Waals surface area contributed by atoms with E-state index in [4.69, 9.17) is 4.74 Å². The Bertz CT molecular complexity index is 324. The molecule has 0 bridgehead atoms. The number of ketones is 1. The average molecular weight is 222 g/mol. The third-order valence-electron chi connectivity index (χ3n) is 3.72. The second-order valence-corrected chi connectivity index (χ2v) is 4.96. The second-order valence-electron chi connectivity index (χ2n) is 4.96. The molecule has 0 spiro atoms. The van der Waals surface area contributed by atoms with Gasteiger partial charge in [-0.25, -0.2) is 0 Å². The van der Waals surface area contributed by atoms with Crippen molar-refractivity contribution in [2.24, 2.45) is 5.92 Å². The minimum absolute atomic E-state index is 0.0262. The van der Waals surface area contributed by atoms with Crippen molar-refractivity contribution < 1.29 is 14.3 Å². The Morgan fingerprint density at radius 2 is 2.25 bits per heavy atom. The summed E-state index contributed by atoms with van der Waals surface area (Å²) >= 11 is 0. The lowest BCUT2D eigenvalue weighted by atomic mass is 10.1. The highest BCUT2D eigenvalue weighted by Gasteiger charge is 2.46. The number of carbonyl (C=O) groups is 2. The monoisotopic (exact) mass is 222 g/mol. The summed E-state index contributed by atoms with van der Waals surface area (Å²) in [5.41, 5.74) is 0. The number of Topliss-reactive ketones (excluding diaryl/α,β-unsaturated/α-hetero) is 1. The van der Waals surface area contributed by atoms with Crippen LogP contribution in [0.3, 0.4) is 0 Å². The number of hydrogen-bond acceptors (Lipinski definition) is 3. The van der Waals surface area contributed by atoms with Crippen molar-refractivity contribution in [3.05, 3.63) is 6.42 Å². The summed E-state index contributed by atoms with van der Waals surface area (Å²) in [5.74, 6) is 0.812. The van der Waals surface area contributed by atoms with Gasteiger partial charge in [-0.05, 0) is 18.8 Å². The van der Waals surface area contributed by atoms with Crippen LogP contribution in [0.25, 0.3) is 0 Å². The van der Waals surface area contributed by atoms with Gasteiger partial charge < -0.3 is 9.64 Å². The molecule has 1 radical (unpaired) electrons. The molecule has 2 heterocycles. The van der Waals surface area contributed by atoms with Crippen molar-refractivity contribution in [2.45, 2.75) is 37.8 Å². The number of amides is 1. The van der Waals surface area contributed by atoms with E-state index in [1.54, 1.807) is 11.3 Å². The smallest absolute Gasteiger partial charge is 0.227 e. The number of fused-ring (bicyclic) bond motifs is 1. The van der Waals surface area contributed by atoms with E-state index in [1.165, 1.54) is 12.8 Å². The minimum atomic E-state index is -0.289. The van der Waals surface area contributed by atoms with E-state index >= 15 is 0 Å². The second kappa shape index (κ2) is 3.84. The van der Waals surface area contributed by atoms with Crippen molar-refractivity contribution in [1.29, 1.82) is 0 Å². The van der Waals surface area contributed by atoms with Crippen LogP contribution in [0.15, 0.2) is 0 Å². The molecule has 2 saturated heterocycles. The highest BCUT2D eigenvalue weighted by Crippen LogP contribution is 2.34. The number of rotatable bonds is 3. The van der Waals surface area contributed by atoms with Crippen LogP contribution < -0.4 is 0 Å². The van der Waals surface area contributed by atoms with Gasteiger partial charge >= 0.3 is 0 Å². The van der Waals surface area contributed by atoms with E-state index in [1.807, 2.05) is 0 Å². The summed E-state index contributed by atoms with van der Waals surface area (Å²) in [7, 11) is 0. The quantitative estimate of drug-likeness (QED) is 0.701. The minimum Gasteiger partial charge on any atom is -0.368 e. The van der Waals surface area contributed by atoms with Gasteiger partial charge in [-0.2, -0.15) is 0 Å². The fourth-order valence-electron chi connectivity index (χ4n) is 2.58. The molecule has 4 heteroatoms. The Hall–Kier alpha value is -0.900. The Labute approximate surface area is 94.9 Å². The van der Waals surface area contributed by atoms with Gasteiger partial charge in [0.15, 0.2) is 5.78 Å². The van der Waals surface area contributed by atoms with E-state index in [0.717, 1.165) is 18.8 Å². The van der Waals surface area contributed by atoms with Gasteiger partial charge in [0.1, 0.15) is 12.6 Å². The largest absolute Gasteiger partial charge is 0.368 e. The molecule has 0 N–H and O–H groups in total. The maximum Gasteiger partial charge on any atom is 0.227 e. The first-order valence-electron chi connectivity index (χ1n) is 6.04. The van der Waals surface area contributed by atoms with Gasteiger partial charge in [0.05, 0.1) is 12.5 Å². The maximum absolute atomic E-state index is 11.9. The molecular formula is C12H16NO3. The molecule has 0 aromatic heterocycles. The molecular weight excluding hydrogens is 206 g/mol. The van der Waals surface area contributed by atoms with Crippen LogP contribution in [-0.4, -0.2) is 41.9 Å². The van der Waals surface area contributed by atoms with Crippen molar-refractivity contribution in [3.63, 3.8) is 0 Å². The lowest BCUT2D eigenvalue weighted by Crippen LogP contribution is -2.42. The first kappa shape index (κ1) is 10.3. The van der Waals surface area contributed by atoms with Crippen LogP contribution in [0, 0.1) is 12.3 Å². The lowest BCUT2D eigenvalue weighted by molar-refractivity contribution is -0.133. The van der Waals surface area contributed by atoms with Gasteiger partial charge in [-0.15, -0.1) is 0 Å². The van der Waals surface area contributed by atoms with Crippen LogP contribution in [0.2, 0.25) is 0 Å². The van der Waals surface area contributed by atoms with Gasteiger partial charge in [0.25, 0.3) is 0 Å². The summed E-state index contributed by atoms with van der Waals surface area (Å²) in [6.45, 7) is 0.850. The van der Waals surface area contributed by atoms with E-state index in [-0.39, 0.29) is 30.4 Å². The molecule has 87 valence electrons. The topological polar surface area (TPSA) is 46.6 Å². The van der Waals surface area contributed by atoms with Crippen LogP contribution in [0.4, 0.5) is 0 Å². The molecule has 1 aliphatic carbocycles. The van der Waals surface area contributed by atoms with Crippen LogP contribution in [0.1, 0.15) is 25.7 Å². The Kier molecular flexibility index (Phi) is 2.46. The van der Waals surface area contributed by atoms with Crippen molar-refractivity contribution in [3.8, 4) is 0 Å². The number of carbonyl (C=O) groups excluding carboxylic acids is 2. The summed E-state index contributed by atoms with van der Waals surface area (Å²) < 4.78 is 5.35. The Morgan fingerprint density at radius 1 is 1.44 bits per heavy atom. The van der Waals surface area contributed by atoms with Crippen molar-refractivity contribution in [2.75, 3.05) is 13.2 Å².